The van der Waals surface area contributed by atoms with Crippen molar-refractivity contribution < 1.29 is 22.0 Å². The quantitative estimate of drug-likeness (QED) is 0.190. The van der Waals surface area contributed by atoms with Gasteiger partial charge in [-0.05, 0) is 18.2 Å². The lowest BCUT2D eigenvalue weighted by atomic mass is 10.2. The Bertz CT molecular complexity index is 1890. The highest BCUT2D eigenvalue weighted by atomic mass is 35.5. The summed E-state index contributed by atoms with van der Waals surface area (Å²) >= 11 is 7.42. The Kier molecular flexibility index (Phi) is 7.72. The molecule has 0 fully saturated rings. The number of anilines is 3. The summed E-state index contributed by atoms with van der Waals surface area (Å²) in [4.78, 5) is 38.5. The van der Waals surface area contributed by atoms with Crippen LogP contribution in [-0.4, -0.2) is 46.8 Å². The molecule has 0 saturated heterocycles. The molecule has 0 aliphatic rings. The van der Waals surface area contributed by atoms with E-state index in [0.717, 1.165) is 15.9 Å². The Balaban J connectivity index is 1.58. The van der Waals surface area contributed by atoms with Gasteiger partial charge in [-0.3, -0.25) is 9.25 Å². The second-order valence-electron chi connectivity index (χ2n) is 8.58. The average Bonchev–Trinajstić information content (AvgIpc) is 3.50. The molecule has 41 heavy (non-hydrogen) atoms. The van der Waals surface area contributed by atoms with Gasteiger partial charge in [0.1, 0.15) is 12.1 Å². The van der Waals surface area contributed by atoms with Crippen LogP contribution in [0, 0.1) is 17.5 Å². The van der Waals surface area contributed by atoms with Gasteiger partial charge in [-0.2, -0.15) is 10.1 Å². The lowest BCUT2D eigenvalue weighted by Crippen LogP contribution is -2.43. The highest BCUT2D eigenvalue weighted by Gasteiger charge is 2.20. The predicted octanol–water partition coefficient (Wildman–Crippen LogP) is 3.73. The van der Waals surface area contributed by atoms with Gasteiger partial charge in [0, 0.05) is 18.7 Å². The van der Waals surface area contributed by atoms with Crippen LogP contribution in [0.1, 0.15) is 11.4 Å². The summed E-state index contributed by atoms with van der Waals surface area (Å²) in [6.45, 7) is -1.65. The molecule has 2 aromatic carbocycles. The number of hydrogen-bond acceptors (Lipinski definition) is 9. The molecule has 3 heterocycles. The third-order valence-corrected chi connectivity index (χ3v) is 6.93. The molecule has 5 aromatic rings. The molecule has 18 heteroatoms. The third kappa shape index (κ3) is 6.04. The fourth-order valence-electron chi connectivity index (χ4n) is 3.76. The molecule has 0 radical (unpaired) electrons. The van der Waals surface area contributed by atoms with E-state index in [1.165, 1.54) is 23.1 Å². The van der Waals surface area contributed by atoms with Crippen LogP contribution in [0.25, 0.3) is 10.2 Å². The minimum Gasteiger partial charge on any atom is -0.356 e. The zero-order valence-electron chi connectivity index (χ0n) is 20.7. The standard InChI is InChI=1S/C23H17ClF5N9O2S/c1-36-9-31-19(35-36)8-38-22(39)34-20(37(23(38)40)7-10-2-13(26)14(27)4-12(10)25)32-15-5-17-16(3-11(15)24)33-21(41-17)30-6-18(28)29/h2-5,9,18H,6-8H2,1H3,(H,30,33)(H,32,34,39). The molecule has 11 nitrogen and oxygen atoms in total. The number of aryl methyl sites for hydroxylation is 1. The first-order chi connectivity index (χ1) is 19.5. The topological polar surface area (TPSA) is 125 Å². The molecular weight excluding hydrogens is 597 g/mol. The summed E-state index contributed by atoms with van der Waals surface area (Å²) in [5.74, 6) is -4.20. The number of hydrogen-bond donors (Lipinski definition) is 2. The first kappa shape index (κ1) is 28.2. The monoisotopic (exact) mass is 613 g/mol. The van der Waals surface area contributed by atoms with E-state index in [9.17, 15) is 31.5 Å². The number of halogens is 6. The number of rotatable bonds is 9. The largest absolute Gasteiger partial charge is 0.356 e. The molecule has 3 aromatic heterocycles. The van der Waals surface area contributed by atoms with Crippen LogP contribution in [0.3, 0.4) is 0 Å². The van der Waals surface area contributed by atoms with Gasteiger partial charge in [0.15, 0.2) is 22.6 Å². The van der Waals surface area contributed by atoms with Crippen LogP contribution in [0.2, 0.25) is 5.02 Å². The van der Waals surface area contributed by atoms with Gasteiger partial charge in [-0.1, -0.05) is 22.9 Å². The van der Waals surface area contributed by atoms with Crippen LogP contribution in [-0.2, 0) is 20.1 Å². The van der Waals surface area contributed by atoms with E-state index < -0.39 is 59.9 Å². The highest BCUT2D eigenvalue weighted by Crippen LogP contribution is 2.34. The van der Waals surface area contributed by atoms with Crippen LogP contribution >= 0.6 is 22.9 Å². The van der Waals surface area contributed by atoms with Gasteiger partial charge >= 0.3 is 11.4 Å². The van der Waals surface area contributed by atoms with E-state index in [2.05, 4.69) is 30.7 Å². The van der Waals surface area contributed by atoms with Gasteiger partial charge in [0.2, 0.25) is 5.95 Å². The smallest absolute Gasteiger partial charge is 0.355 e. The van der Waals surface area contributed by atoms with E-state index in [0.29, 0.717) is 26.9 Å². The fourth-order valence-corrected chi connectivity index (χ4v) is 4.86. The molecule has 0 saturated carbocycles. The Morgan fingerprint density at radius 1 is 1.00 bits per heavy atom. The predicted molar refractivity (Wildman–Crippen MR) is 141 cm³/mol. The first-order valence-corrected chi connectivity index (χ1v) is 12.8. The lowest BCUT2D eigenvalue weighted by Gasteiger charge is -2.16. The maximum absolute atomic E-state index is 14.6. The number of aromatic nitrogens is 7. The Labute approximate surface area is 234 Å². The summed E-state index contributed by atoms with van der Waals surface area (Å²) in [5.41, 5.74) is -1.89. The van der Waals surface area contributed by atoms with Crippen molar-refractivity contribution in [2.24, 2.45) is 7.05 Å². The lowest BCUT2D eigenvalue weighted by molar-refractivity contribution is 0.163. The summed E-state index contributed by atoms with van der Waals surface area (Å²) in [7, 11) is 1.58. The van der Waals surface area contributed by atoms with Gasteiger partial charge in [0.25, 0.3) is 6.43 Å². The highest BCUT2D eigenvalue weighted by molar-refractivity contribution is 7.22. The Morgan fingerprint density at radius 2 is 1.76 bits per heavy atom. The van der Waals surface area contributed by atoms with E-state index >= 15 is 0 Å². The van der Waals surface area contributed by atoms with Crippen molar-refractivity contribution in [2.75, 3.05) is 17.2 Å². The first-order valence-electron chi connectivity index (χ1n) is 11.6. The number of thiazole rings is 1. The SMILES string of the molecule is Cn1cnc(Cn2c(=O)nc(Nc3cc4sc(NCC(F)F)nc4cc3Cl)n(Cc3cc(F)c(F)cc3F)c2=O)n1. The molecule has 0 aliphatic carbocycles. The number of nitrogens with one attached hydrogen (secondary N) is 2. The summed E-state index contributed by atoms with van der Waals surface area (Å²) in [6, 6.07) is 3.83. The third-order valence-electron chi connectivity index (χ3n) is 5.65. The van der Waals surface area contributed by atoms with Gasteiger partial charge in [0.05, 0.1) is 40.6 Å². The molecule has 0 atom stereocenters. The van der Waals surface area contributed by atoms with Crippen molar-refractivity contribution in [3.8, 4) is 0 Å². The molecule has 2 N–H and O–H groups in total. The van der Waals surface area contributed by atoms with Gasteiger partial charge < -0.3 is 10.6 Å². The summed E-state index contributed by atoms with van der Waals surface area (Å²) < 4.78 is 70.6. The van der Waals surface area contributed by atoms with Crippen molar-refractivity contribution >= 4 is 49.9 Å². The minimum atomic E-state index is -2.60. The molecule has 0 bridgehead atoms. The molecule has 0 amide bonds. The van der Waals surface area contributed by atoms with E-state index in [-0.39, 0.29) is 28.2 Å². The molecule has 214 valence electrons. The van der Waals surface area contributed by atoms with Crippen LogP contribution < -0.4 is 22.0 Å². The second-order valence-corrected chi connectivity index (χ2v) is 10.0. The van der Waals surface area contributed by atoms with E-state index in [4.69, 9.17) is 11.6 Å². The normalized spacial score (nSPS) is 11.5. The van der Waals surface area contributed by atoms with Crippen molar-refractivity contribution in [3.63, 3.8) is 0 Å². The zero-order valence-corrected chi connectivity index (χ0v) is 22.3. The van der Waals surface area contributed by atoms with E-state index in [1.54, 1.807) is 7.05 Å². The van der Waals surface area contributed by atoms with Crippen LogP contribution in [0.15, 0.2) is 40.2 Å². The van der Waals surface area contributed by atoms with E-state index in [1.807, 2.05) is 0 Å². The van der Waals surface area contributed by atoms with Crippen LogP contribution in [0.5, 0.6) is 0 Å². The second kappa shape index (κ2) is 11.2. The molecule has 5 rings (SSSR count). The fraction of sp³-hybridized carbons (Fsp3) is 0.217. The average molecular weight is 614 g/mol. The summed E-state index contributed by atoms with van der Waals surface area (Å²) in [5, 5.41) is 9.55. The molecule has 0 unspecified atom stereocenters. The Hall–Kier alpha value is -4.38. The number of nitrogens with zero attached hydrogens (tertiary/aromatic N) is 7. The minimum absolute atomic E-state index is 0.0601. The van der Waals surface area contributed by atoms with Crippen molar-refractivity contribution in [1.82, 2.24) is 33.9 Å². The zero-order chi connectivity index (χ0) is 29.4. The number of fused-ring (bicyclic) bond motifs is 1. The molecule has 0 spiro atoms. The van der Waals surface area contributed by atoms with Crippen LogP contribution in [0.4, 0.5) is 38.7 Å². The number of benzene rings is 2. The van der Waals surface area contributed by atoms with Crippen molar-refractivity contribution in [1.29, 1.82) is 0 Å². The molecule has 0 aliphatic heterocycles. The van der Waals surface area contributed by atoms with Crippen molar-refractivity contribution in [2.45, 2.75) is 19.5 Å². The van der Waals surface area contributed by atoms with Gasteiger partial charge in [-0.25, -0.2) is 46.1 Å². The maximum atomic E-state index is 14.6. The number of alkyl halides is 2. The molecular formula is C23H17ClF5N9O2S. The van der Waals surface area contributed by atoms with Crippen molar-refractivity contribution in [3.05, 3.63) is 85.4 Å². The van der Waals surface area contributed by atoms with Gasteiger partial charge in [-0.15, -0.1) is 0 Å². The summed E-state index contributed by atoms with van der Waals surface area (Å²) in [6.07, 6.45) is -1.24. The Morgan fingerprint density at radius 3 is 2.46 bits per heavy atom. The maximum Gasteiger partial charge on any atom is 0.355 e.